The number of carbonyl (C=O) groups excluding carboxylic acids is 1. The van der Waals surface area contributed by atoms with Crippen molar-refractivity contribution < 1.29 is 4.79 Å². The number of nitrogens with zero attached hydrogens (tertiary/aromatic N) is 3. The van der Waals surface area contributed by atoms with Gasteiger partial charge in [-0.1, -0.05) is 20.8 Å². The molecule has 0 bridgehead atoms. The Kier molecular flexibility index (Phi) is 4.17. The summed E-state index contributed by atoms with van der Waals surface area (Å²) < 4.78 is 0. The van der Waals surface area contributed by atoms with Gasteiger partial charge in [0.25, 0.3) is 5.91 Å². The zero-order valence-electron chi connectivity index (χ0n) is 12.1. The Morgan fingerprint density at radius 2 is 1.89 bits per heavy atom. The lowest BCUT2D eigenvalue weighted by molar-refractivity contribution is 0.0754. The summed E-state index contributed by atoms with van der Waals surface area (Å²) in [5, 5.41) is 0. The van der Waals surface area contributed by atoms with Crippen LogP contribution in [0.15, 0.2) is 18.7 Å². The Morgan fingerprint density at radius 3 is 2.53 bits per heavy atom. The molecule has 4 nitrogen and oxygen atoms in total. The minimum atomic E-state index is 0.0650. The molecule has 0 aromatic carbocycles. The predicted molar refractivity (Wildman–Crippen MR) is 74.7 cm³/mol. The predicted octanol–water partition coefficient (Wildman–Crippen LogP) is 2.77. The van der Waals surface area contributed by atoms with Gasteiger partial charge >= 0.3 is 0 Å². The molecule has 1 atom stereocenters. The molecule has 1 fully saturated rings. The number of rotatable bonds is 1. The lowest BCUT2D eigenvalue weighted by Crippen LogP contribution is -2.32. The number of hydrogen-bond acceptors (Lipinski definition) is 3. The molecule has 1 aliphatic heterocycles. The first-order valence-electron chi connectivity index (χ1n) is 7.03. The third kappa shape index (κ3) is 3.52. The molecule has 1 amide bonds. The van der Waals surface area contributed by atoms with Gasteiger partial charge in [-0.2, -0.15) is 0 Å². The van der Waals surface area contributed by atoms with Gasteiger partial charge in [-0.05, 0) is 30.6 Å². The highest BCUT2D eigenvalue weighted by Crippen LogP contribution is 2.34. The van der Waals surface area contributed by atoms with Crippen molar-refractivity contribution >= 4 is 5.91 Å². The quantitative estimate of drug-likeness (QED) is 0.781. The maximum absolute atomic E-state index is 12.4. The van der Waals surface area contributed by atoms with Gasteiger partial charge in [0, 0.05) is 25.5 Å². The average molecular weight is 261 g/mol. The lowest BCUT2D eigenvalue weighted by atomic mass is 9.77. The van der Waals surface area contributed by atoms with E-state index in [1.807, 2.05) is 4.90 Å². The summed E-state index contributed by atoms with van der Waals surface area (Å²) in [6, 6.07) is 0. The second-order valence-corrected chi connectivity index (χ2v) is 6.41. The number of amides is 1. The van der Waals surface area contributed by atoms with Crippen LogP contribution >= 0.6 is 0 Å². The summed E-state index contributed by atoms with van der Waals surface area (Å²) in [6.45, 7) is 8.57. The number of hydrogen-bond donors (Lipinski definition) is 0. The van der Waals surface area contributed by atoms with E-state index >= 15 is 0 Å². The molecule has 1 unspecified atom stereocenters. The Balaban J connectivity index is 2.02. The van der Waals surface area contributed by atoms with Gasteiger partial charge < -0.3 is 4.90 Å². The fourth-order valence-corrected chi connectivity index (χ4v) is 2.76. The summed E-state index contributed by atoms with van der Waals surface area (Å²) in [7, 11) is 0. The van der Waals surface area contributed by atoms with Crippen molar-refractivity contribution in [3.05, 3.63) is 24.3 Å². The van der Waals surface area contributed by atoms with E-state index in [0.717, 1.165) is 25.9 Å². The maximum Gasteiger partial charge on any atom is 0.256 e. The number of aromatic nitrogens is 2. The van der Waals surface area contributed by atoms with E-state index in [4.69, 9.17) is 0 Å². The van der Waals surface area contributed by atoms with Crippen LogP contribution in [0.3, 0.4) is 0 Å². The van der Waals surface area contributed by atoms with Gasteiger partial charge in [0.15, 0.2) is 0 Å². The minimum Gasteiger partial charge on any atom is -0.339 e. The second kappa shape index (κ2) is 5.68. The number of carbonyl (C=O) groups is 1. The molecule has 1 saturated heterocycles. The van der Waals surface area contributed by atoms with E-state index in [1.54, 1.807) is 12.4 Å². The van der Waals surface area contributed by atoms with Crippen molar-refractivity contribution in [1.29, 1.82) is 0 Å². The molecule has 2 heterocycles. The van der Waals surface area contributed by atoms with Gasteiger partial charge in [-0.3, -0.25) is 4.79 Å². The molecule has 0 N–H and O–H groups in total. The molecule has 1 aromatic rings. The molecule has 0 radical (unpaired) electrons. The molecule has 0 aliphatic carbocycles. The van der Waals surface area contributed by atoms with Crippen LogP contribution in [-0.4, -0.2) is 33.9 Å². The lowest BCUT2D eigenvalue weighted by Gasteiger charge is -2.29. The van der Waals surface area contributed by atoms with E-state index in [9.17, 15) is 4.79 Å². The standard InChI is InChI=1S/C15H23N3O/c1-15(2,3)13-5-4-7-18(8-6-13)14(19)12-9-16-11-17-10-12/h9-11,13H,4-8H2,1-3H3. The fourth-order valence-electron chi connectivity index (χ4n) is 2.76. The Hall–Kier alpha value is -1.45. The van der Waals surface area contributed by atoms with Crippen molar-refractivity contribution in [2.75, 3.05) is 13.1 Å². The normalized spacial score (nSPS) is 21.0. The molecule has 0 saturated carbocycles. The molecule has 2 rings (SSSR count). The first-order valence-corrected chi connectivity index (χ1v) is 7.03. The fraction of sp³-hybridized carbons (Fsp3) is 0.667. The van der Waals surface area contributed by atoms with Crippen molar-refractivity contribution in [2.24, 2.45) is 11.3 Å². The summed E-state index contributed by atoms with van der Waals surface area (Å²) in [4.78, 5) is 22.1. The van der Waals surface area contributed by atoms with Crippen LogP contribution in [-0.2, 0) is 0 Å². The van der Waals surface area contributed by atoms with E-state index in [1.165, 1.54) is 12.7 Å². The summed E-state index contributed by atoms with van der Waals surface area (Å²) in [6.07, 6.45) is 8.03. The molecule has 19 heavy (non-hydrogen) atoms. The van der Waals surface area contributed by atoms with Crippen molar-refractivity contribution in [1.82, 2.24) is 14.9 Å². The highest BCUT2D eigenvalue weighted by molar-refractivity contribution is 5.93. The first kappa shape index (κ1) is 14.0. The maximum atomic E-state index is 12.4. The van der Waals surface area contributed by atoms with Gasteiger partial charge in [0.05, 0.1) is 5.56 Å². The monoisotopic (exact) mass is 261 g/mol. The largest absolute Gasteiger partial charge is 0.339 e. The molecule has 1 aromatic heterocycles. The highest BCUT2D eigenvalue weighted by Gasteiger charge is 2.28. The van der Waals surface area contributed by atoms with Gasteiger partial charge in [0.2, 0.25) is 0 Å². The number of likely N-dealkylation sites (tertiary alicyclic amines) is 1. The Labute approximate surface area is 115 Å². The van der Waals surface area contributed by atoms with Crippen molar-refractivity contribution in [3.63, 3.8) is 0 Å². The van der Waals surface area contributed by atoms with Crippen molar-refractivity contribution in [3.8, 4) is 0 Å². The van der Waals surface area contributed by atoms with Crippen LogP contribution in [0.4, 0.5) is 0 Å². The Morgan fingerprint density at radius 1 is 1.21 bits per heavy atom. The van der Waals surface area contributed by atoms with Crippen LogP contribution < -0.4 is 0 Å². The topological polar surface area (TPSA) is 46.1 Å². The van der Waals surface area contributed by atoms with Crippen LogP contribution in [0.2, 0.25) is 0 Å². The van der Waals surface area contributed by atoms with Crippen LogP contribution in [0.1, 0.15) is 50.4 Å². The molecule has 104 valence electrons. The first-order chi connectivity index (χ1) is 8.98. The van der Waals surface area contributed by atoms with E-state index < -0.39 is 0 Å². The molecular weight excluding hydrogens is 238 g/mol. The summed E-state index contributed by atoms with van der Waals surface area (Å²) in [5.74, 6) is 0.757. The van der Waals surface area contributed by atoms with Crippen LogP contribution in [0.5, 0.6) is 0 Å². The third-order valence-corrected chi connectivity index (χ3v) is 4.05. The minimum absolute atomic E-state index is 0.0650. The summed E-state index contributed by atoms with van der Waals surface area (Å²) in [5.41, 5.74) is 0.922. The van der Waals surface area contributed by atoms with Crippen molar-refractivity contribution in [2.45, 2.75) is 40.0 Å². The zero-order valence-corrected chi connectivity index (χ0v) is 12.1. The zero-order chi connectivity index (χ0) is 13.9. The summed E-state index contributed by atoms with van der Waals surface area (Å²) >= 11 is 0. The Bertz CT molecular complexity index is 425. The third-order valence-electron chi connectivity index (χ3n) is 4.05. The van der Waals surface area contributed by atoms with Crippen LogP contribution in [0.25, 0.3) is 0 Å². The smallest absolute Gasteiger partial charge is 0.256 e. The molecule has 1 aliphatic rings. The molecule has 0 spiro atoms. The van der Waals surface area contributed by atoms with Crippen LogP contribution in [0, 0.1) is 11.3 Å². The second-order valence-electron chi connectivity index (χ2n) is 6.41. The van der Waals surface area contributed by atoms with E-state index in [2.05, 4.69) is 30.7 Å². The highest BCUT2D eigenvalue weighted by atomic mass is 16.2. The average Bonchev–Trinajstić information content (AvgIpc) is 2.64. The van der Waals surface area contributed by atoms with E-state index in [-0.39, 0.29) is 5.91 Å². The van der Waals surface area contributed by atoms with Gasteiger partial charge in [0.1, 0.15) is 6.33 Å². The van der Waals surface area contributed by atoms with Gasteiger partial charge in [-0.15, -0.1) is 0 Å². The van der Waals surface area contributed by atoms with Gasteiger partial charge in [-0.25, -0.2) is 9.97 Å². The molecule has 4 heteroatoms. The van der Waals surface area contributed by atoms with E-state index in [0.29, 0.717) is 16.9 Å². The molecular formula is C15H23N3O. The SMILES string of the molecule is CC(C)(C)C1CCCN(C(=O)c2cncnc2)CC1.